The molecule has 2 heterocycles. The van der Waals surface area contributed by atoms with Crippen molar-refractivity contribution in [2.45, 2.75) is 18.2 Å². The first-order valence-electron chi connectivity index (χ1n) is 10.5. The summed E-state index contributed by atoms with van der Waals surface area (Å²) in [5.41, 5.74) is 3.01. The van der Waals surface area contributed by atoms with Gasteiger partial charge in [0, 0.05) is 50.6 Å². The normalized spacial score (nSPS) is 15.0. The number of benzene rings is 2. The van der Waals surface area contributed by atoms with Gasteiger partial charge in [0.05, 0.1) is 10.6 Å². The van der Waals surface area contributed by atoms with Gasteiger partial charge in [-0.25, -0.2) is 13.4 Å². The molecule has 1 aromatic heterocycles. The molecule has 32 heavy (non-hydrogen) atoms. The van der Waals surface area contributed by atoms with Crippen LogP contribution in [0.25, 0.3) is 11.3 Å². The molecule has 3 aromatic rings. The third kappa shape index (κ3) is 5.17. The Morgan fingerprint density at radius 1 is 1.03 bits per heavy atom. The largest absolute Gasteiger partial charge is 0.356 e. The van der Waals surface area contributed by atoms with E-state index < -0.39 is 10.0 Å². The SMILES string of the molecule is CC(=O)NCCc1ccc(S(=O)(=O)N2CCN(c3nc(-c4ccccc4)cs3)CC2)cc1. The lowest BCUT2D eigenvalue weighted by atomic mass is 10.1. The molecule has 0 atom stereocenters. The van der Waals surface area contributed by atoms with Gasteiger partial charge in [-0.15, -0.1) is 11.3 Å². The predicted molar refractivity (Wildman–Crippen MR) is 127 cm³/mol. The minimum absolute atomic E-state index is 0.0719. The number of hydrogen-bond acceptors (Lipinski definition) is 6. The van der Waals surface area contributed by atoms with Gasteiger partial charge in [0.1, 0.15) is 0 Å². The number of aromatic nitrogens is 1. The van der Waals surface area contributed by atoms with Crippen LogP contribution in [0.3, 0.4) is 0 Å². The van der Waals surface area contributed by atoms with Crippen LogP contribution in [0.5, 0.6) is 0 Å². The number of hydrogen-bond donors (Lipinski definition) is 1. The van der Waals surface area contributed by atoms with Crippen molar-refractivity contribution in [3.8, 4) is 11.3 Å². The highest BCUT2D eigenvalue weighted by Gasteiger charge is 2.29. The first kappa shape index (κ1) is 22.4. The van der Waals surface area contributed by atoms with Gasteiger partial charge < -0.3 is 10.2 Å². The second-order valence-electron chi connectivity index (χ2n) is 7.65. The van der Waals surface area contributed by atoms with Crippen molar-refractivity contribution >= 4 is 32.4 Å². The average Bonchev–Trinajstić information content (AvgIpc) is 3.30. The fourth-order valence-corrected chi connectivity index (χ4v) is 5.94. The highest BCUT2D eigenvalue weighted by molar-refractivity contribution is 7.89. The first-order valence-corrected chi connectivity index (χ1v) is 12.8. The topological polar surface area (TPSA) is 82.6 Å². The van der Waals surface area contributed by atoms with Crippen molar-refractivity contribution in [3.05, 3.63) is 65.5 Å². The quantitative estimate of drug-likeness (QED) is 0.574. The minimum atomic E-state index is -3.54. The zero-order valence-electron chi connectivity index (χ0n) is 17.9. The Morgan fingerprint density at radius 3 is 2.38 bits per heavy atom. The van der Waals surface area contributed by atoms with Gasteiger partial charge in [-0.2, -0.15) is 4.31 Å². The molecule has 1 N–H and O–H groups in total. The number of sulfonamides is 1. The Labute approximate surface area is 192 Å². The fourth-order valence-electron chi connectivity index (χ4n) is 3.63. The number of rotatable bonds is 7. The van der Waals surface area contributed by atoms with Crippen molar-refractivity contribution in [3.63, 3.8) is 0 Å². The predicted octanol–water partition coefficient (Wildman–Crippen LogP) is 3.00. The maximum atomic E-state index is 13.1. The Kier molecular flexibility index (Phi) is 6.88. The van der Waals surface area contributed by atoms with Gasteiger partial charge in [-0.05, 0) is 24.1 Å². The van der Waals surface area contributed by atoms with Crippen LogP contribution in [0, 0.1) is 0 Å². The standard InChI is InChI=1S/C23H26N4O3S2/c1-18(28)24-12-11-19-7-9-21(10-8-19)32(29,30)27-15-13-26(14-16-27)23-25-22(17-31-23)20-5-3-2-4-6-20/h2-10,17H,11-16H2,1H3,(H,24,28). The molecule has 0 bridgehead atoms. The van der Waals surface area contributed by atoms with Crippen LogP contribution in [-0.4, -0.2) is 56.3 Å². The van der Waals surface area contributed by atoms with Crippen molar-refractivity contribution < 1.29 is 13.2 Å². The zero-order valence-corrected chi connectivity index (χ0v) is 19.5. The molecule has 0 saturated carbocycles. The molecule has 1 saturated heterocycles. The maximum Gasteiger partial charge on any atom is 0.243 e. The van der Waals surface area contributed by atoms with Crippen molar-refractivity contribution in [2.24, 2.45) is 0 Å². The Morgan fingerprint density at radius 2 is 1.72 bits per heavy atom. The van der Waals surface area contributed by atoms with Crippen LogP contribution in [0.4, 0.5) is 5.13 Å². The van der Waals surface area contributed by atoms with E-state index in [4.69, 9.17) is 4.98 Å². The highest BCUT2D eigenvalue weighted by atomic mass is 32.2. The summed E-state index contributed by atoms with van der Waals surface area (Å²) in [6.45, 7) is 4.07. The molecule has 0 unspecified atom stereocenters. The minimum Gasteiger partial charge on any atom is -0.356 e. The van der Waals surface area contributed by atoms with E-state index in [1.165, 1.54) is 6.92 Å². The lowest BCUT2D eigenvalue weighted by Crippen LogP contribution is -2.48. The highest BCUT2D eigenvalue weighted by Crippen LogP contribution is 2.28. The number of nitrogens with one attached hydrogen (secondary N) is 1. The molecule has 1 amide bonds. The zero-order chi connectivity index (χ0) is 22.6. The molecule has 2 aromatic carbocycles. The van der Waals surface area contributed by atoms with Crippen LogP contribution >= 0.6 is 11.3 Å². The summed E-state index contributed by atoms with van der Waals surface area (Å²) >= 11 is 1.59. The molecule has 7 nitrogen and oxygen atoms in total. The number of amides is 1. The van der Waals surface area contributed by atoms with E-state index in [0.29, 0.717) is 44.0 Å². The summed E-state index contributed by atoms with van der Waals surface area (Å²) in [5.74, 6) is -0.0719. The third-order valence-corrected chi connectivity index (χ3v) is 8.23. The molecule has 168 valence electrons. The van der Waals surface area contributed by atoms with E-state index in [1.807, 2.05) is 47.8 Å². The van der Waals surface area contributed by atoms with Crippen LogP contribution in [0.1, 0.15) is 12.5 Å². The van der Waals surface area contributed by atoms with E-state index in [2.05, 4.69) is 10.2 Å². The Balaban J connectivity index is 1.36. The van der Waals surface area contributed by atoms with Gasteiger partial charge in [0.15, 0.2) is 5.13 Å². The second-order valence-corrected chi connectivity index (χ2v) is 10.4. The number of anilines is 1. The lowest BCUT2D eigenvalue weighted by molar-refractivity contribution is -0.118. The molecule has 0 aliphatic carbocycles. The molecule has 9 heteroatoms. The van der Waals surface area contributed by atoms with E-state index in [-0.39, 0.29) is 5.91 Å². The maximum absolute atomic E-state index is 13.1. The molecular formula is C23H26N4O3S2. The van der Waals surface area contributed by atoms with Gasteiger partial charge in [-0.3, -0.25) is 4.79 Å². The number of piperazine rings is 1. The molecule has 1 fully saturated rings. The number of nitrogens with zero attached hydrogens (tertiary/aromatic N) is 3. The Hall–Kier alpha value is -2.75. The fraction of sp³-hybridized carbons (Fsp3) is 0.304. The molecule has 1 aliphatic heterocycles. The summed E-state index contributed by atoms with van der Waals surface area (Å²) < 4.78 is 27.7. The van der Waals surface area contributed by atoms with E-state index >= 15 is 0 Å². The van der Waals surface area contributed by atoms with Gasteiger partial charge >= 0.3 is 0 Å². The van der Waals surface area contributed by atoms with Crippen molar-refractivity contribution in [2.75, 3.05) is 37.6 Å². The summed E-state index contributed by atoms with van der Waals surface area (Å²) in [6.07, 6.45) is 0.664. The van der Waals surface area contributed by atoms with Gasteiger partial charge in [0.2, 0.25) is 15.9 Å². The summed E-state index contributed by atoms with van der Waals surface area (Å²) in [7, 11) is -3.54. The van der Waals surface area contributed by atoms with E-state index in [1.54, 1.807) is 27.8 Å². The van der Waals surface area contributed by atoms with Crippen LogP contribution in [0.2, 0.25) is 0 Å². The van der Waals surface area contributed by atoms with Gasteiger partial charge in [-0.1, -0.05) is 42.5 Å². The van der Waals surface area contributed by atoms with Crippen LogP contribution in [0.15, 0.2) is 64.9 Å². The average molecular weight is 471 g/mol. The monoisotopic (exact) mass is 470 g/mol. The smallest absolute Gasteiger partial charge is 0.243 e. The molecular weight excluding hydrogens is 444 g/mol. The molecule has 1 aliphatic rings. The molecule has 0 radical (unpaired) electrons. The summed E-state index contributed by atoms with van der Waals surface area (Å²) in [4.78, 5) is 18.2. The van der Waals surface area contributed by atoms with Crippen LogP contribution < -0.4 is 10.2 Å². The van der Waals surface area contributed by atoms with Crippen molar-refractivity contribution in [1.82, 2.24) is 14.6 Å². The lowest BCUT2D eigenvalue weighted by Gasteiger charge is -2.33. The van der Waals surface area contributed by atoms with Crippen molar-refractivity contribution in [1.29, 1.82) is 0 Å². The number of carbonyl (C=O) groups is 1. The van der Waals surface area contributed by atoms with Crippen LogP contribution in [-0.2, 0) is 21.2 Å². The first-order chi connectivity index (χ1) is 15.4. The number of thiazole rings is 1. The molecule has 0 spiro atoms. The summed E-state index contributed by atoms with van der Waals surface area (Å²) in [6, 6.07) is 17.0. The second kappa shape index (κ2) is 9.81. The van der Waals surface area contributed by atoms with Gasteiger partial charge in [0.25, 0.3) is 0 Å². The third-order valence-electron chi connectivity index (χ3n) is 5.42. The number of carbonyl (C=O) groups excluding carboxylic acids is 1. The molecule has 4 rings (SSSR count). The Bertz CT molecular complexity index is 1150. The van der Waals surface area contributed by atoms with E-state index in [9.17, 15) is 13.2 Å². The van der Waals surface area contributed by atoms with E-state index in [0.717, 1.165) is 22.0 Å². The summed E-state index contributed by atoms with van der Waals surface area (Å²) in [5, 5.41) is 5.71.